The van der Waals surface area contributed by atoms with E-state index >= 15 is 0 Å². The Bertz CT molecular complexity index is 354. The first-order chi connectivity index (χ1) is 8.26. The van der Waals surface area contributed by atoms with Gasteiger partial charge in [0.05, 0.1) is 0 Å². The molecule has 0 aliphatic heterocycles. The Morgan fingerprint density at radius 1 is 1.61 bits per heavy atom. The van der Waals surface area contributed by atoms with Crippen molar-refractivity contribution in [1.29, 1.82) is 0 Å². The zero-order valence-electron chi connectivity index (χ0n) is 12.2. The number of hydrogen-bond donors (Lipinski definition) is 0. The number of carbonyl (C=O) groups is 1. The number of esters is 1. The summed E-state index contributed by atoms with van der Waals surface area (Å²) in [4.78, 5) is 11.5. The van der Waals surface area contributed by atoms with Gasteiger partial charge in [0.2, 0.25) is 0 Å². The minimum absolute atomic E-state index is 0.000417. The number of rotatable bonds is 4. The second-order valence-corrected chi connectivity index (χ2v) is 6.21. The minimum Gasteiger partial charge on any atom is -0.456 e. The molecule has 0 heterocycles. The summed E-state index contributed by atoms with van der Waals surface area (Å²) in [6.45, 7) is 16.1. The van der Waals surface area contributed by atoms with Gasteiger partial charge in [0.15, 0.2) is 0 Å². The largest absolute Gasteiger partial charge is 0.456 e. The molecule has 0 amide bonds. The molecule has 1 aliphatic carbocycles. The highest BCUT2D eigenvalue weighted by Gasteiger charge is 2.49. The van der Waals surface area contributed by atoms with Crippen molar-refractivity contribution in [2.24, 2.45) is 11.3 Å². The molecular weight excluding hydrogens is 224 g/mol. The molecule has 1 fully saturated rings. The Morgan fingerprint density at radius 2 is 2.22 bits per heavy atom. The summed E-state index contributed by atoms with van der Waals surface area (Å²) in [6, 6.07) is 0. The zero-order valence-corrected chi connectivity index (χ0v) is 12.2. The van der Waals surface area contributed by atoms with Crippen LogP contribution in [-0.4, -0.2) is 11.6 Å². The average molecular weight is 250 g/mol. The number of carbonyl (C=O) groups excluding carboxylic acids is 1. The van der Waals surface area contributed by atoms with Gasteiger partial charge < -0.3 is 4.74 Å². The SMILES string of the molecule is C=CC(=O)OC(C)(C)C1(CC)CC(=C)CC(C)C1. The molecule has 1 saturated carbocycles. The minimum atomic E-state index is -0.482. The van der Waals surface area contributed by atoms with Gasteiger partial charge in [-0.1, -0.05) is 32.6 Å². The highest BCUT2D eigenvalue weighted by atomic mass is 16.6. The van der Waals surface area contributed by atoms with Crippen LogP contribution in [0.4, 0.5) is 0 Å². The summed E-state index contributed by atoms with van der Waals surface area (Å²) >= 11 is 0. The van der Waals surface area contributed by atoms with Crippen LogP contribution in [0.3, 0.4) is 0 Å². The van der Waals surface area contributed by atoms with E-state index in [1.165, 1.54) is 11.6 Å². The molecule has 102 valence electrons. The van der Waals surface area contributed by atoms with Crippen LogP contribution in [0.1, 0.15) is 53.4 Å². The van der Waals surface area contributed by atoms with E-state index in [0.29, 0.717) is 5.92 Å². The topological polar surface area (TPSA) is 26.3 Å². The fourth-order valence-electron chi connectivity index (χ4n) is 3.41. The average Bonchev–Trinajstić information content (AvgIpc) is 2.26. The van der Waals surface area contributed by atoms with Gasteiger partial charge in [-0.3, -0.25) is 0 Å². The second-order valence-electron chi connectivity index (χ2n) is 6.21. The normalized spacial score (nSPS) is 28.9. The lowest BCUT2D eigenvalue weighted by Gasteiger charge is -2.50. The monoisotopic (exact) mass is 250 g/mol. The molecule has 2 atom stereocenters. The van der Waals surface area contributed by atoms with Crippen LogP contribution in [0.25, 0.3) is 0 Å². The molecule has 0 aromatic heterocycles. The Labute approximate surface area is 111 Å². The number of ether oxygens (including phenoxy) is 1. The summed E-state index contributed by atoms with van der Waals surface area (Å²) in [6.07, 6.45) is 5.36. The molecule has 0 spiro atoms. The Kier molecular flexibility index (Phi) is 4.41. The van der Waals surface area contributed by atoms with E-state index in [9.17, 15) is 4.79 Å². The van der Waals surface area contributed by atoms with Crippen LogP contribution in [0.5, 0.6) is 0 Å². The molecule has 0 radical (unpaired) electrons. The van der Waals surface area contributed by atoms with Crippen molar-refractivity contribution in [3.63, 3.8) is 0 Å². The maximum atomic E-state index is 11.5. The van der Waals surface area contributed by atoms with Crippen molar-refractivity contribution in [3.05, 3.63) is 24.8 Å². The fourth-order valence-corrected chi connectivity index (χ4v) is 3.41. The Balaban J connectivity index is 3.01. The molecule has 2 heteroatoms. The third kappa shape index (κ3) is 2.85. The molecular formula is C16H26O2. The van der Waals surface area contributed by atoms with Crippen LogP contribution in [0.2, 0.25) is 0 Å². The van der Waals surface area contributed by atoms with Crippen LogP contribution in [0, 0.1) is 11.3 Å². The van der Waals surface area contributed by atoms with Gasteiger partial charge in [0.25, 0.3) is 0 Å². The molecule has 18 heavy (non-hydrogen) atoms. The summed E-state index contributed by atoms with van der Waals surface area (Å²) in [5.74, 6) is 0.268. The van der Waals surface area contributed by atoms with Gasteiger partial charge in [-0.2, -0.15) is 0 Å². The van der Waals surface area contributed by atoms with Crippen LogP contribution >= 0.6 is 0 Å². The molecule has 0 aromatic rings. The van der Waals surface area contributed by atoms with Crippen LogP contribution < -0.4 is 0 Å². The van der Waals surface area contributed by atoms with E-state index in [2.05, 4.69) is 27.0 Å². The van der Waals surface area contributed by atoms with Gasteiger partial charge in [-0.05, 0) is 45.4 Å². The Morgan fingerprint density at radius 3 is 2.67 bits per heavy atom. The predicted octanol–water partition coefficient (Wildman–Crippen LogP) is 4.27. The highest BCUT2D eigenvalue weighted by Crippen LogP contribution is 2.52. The zero-order chi connectivity index (χ0) is 14.0. The first-order valence-electron chi connectivity index (χ1n) is 6.78. The van der Waals surface area contributed by atoms with Crippen molar-refractivity contribution in [2.75, 3.05) is 0 Å². The van der Waals surface area contributed by atoms with E-state index < -0.39 is 5.60 Å². The smallest absolute Gasteiger partial charge is 0.330 e. The summed E-state index contributed by atoms with van der Waals surface area (Å²) in [7, 11) is 0. The first kappa shape index (κ1) is 15.0. The lowest BCUT2D eigenvalue weighted by molar-refractivity contribution is -0.169. The van der Waals surface area contributed by atoms with Gasteiger partial charge in [-0.25, -0.2) is 4.79 Å². The Hall–Kier alpha value is -1.05. The van der Waals surface area contributed by atoms with Crippen LogP contribution in [0.15, 0.2) is 24.8 Å². The molecule has 0 saturated heterocycles. The third-order valence-corrected chi connectivity index (χ3v) is 4.44. The molecule has 2 nitrogen and oxygen atoms in total. The van der Waals surface area contributed by atoms with Crippen molar-refractivity contribution in [1.82, 2.24) is 0 Å². The van der Waals surface area contributed by atoms with E-state index in [-0.39, 0.29) is 11.4 Å². The van der Waals surface area contributed by atoms with Gasteiger partial charge in [0, 0.05) is 11.5 Å². The molecule has 1 aliphatic rings. The maximum Gasteiger partial charge on any atom is 0.330 e. The molecule has 0 N–H and O–H groups in total. The second kappa shape index (κ2) is 5.29. The van der Waals surface area contributed by atoms with Gasteiger partial charge in [0.1, 0.15) is 5.60 Å². The molecule has 1 rings (SSSR count). The summed E-state index contributed by atoms with van der Waals surface area (Å²) in [5, 5.41) is 0. The molecule has 2 unspecified atom stereocenters. The van der Waals surface area contributed by atoms with E-state index in [4.69, 9.17) is 4.74 Å². The third-order valence-electron chi connectivity index (χ3n) is 4.44. The summed E-state index contributed by atoms with van der Waals surface area (Å²) < 4.78 is 5.62. The fraction of sp³-hybridized carbons (Fsp3) is 0.688. The lowest BCUT2D eigenvalue weighted by Crippen LogP contribution is -2.49. The first-order valence-corrected chi connectivity index (χ1v) is 6.78. The lowest BCUT2D eigenvalue weighted by atomic mass is 9.59. The molecule has 0 aromatic carbocycles. The number of hydrogen-bond acceptors (Lipinski definition) is 2. The van der Waals surface area contributed by atoms with E-state index in [0.717, 1.165) is 25.7 Å². The predicted molar refractivity (Wildman–Crippen MR) is 75.2 cm³/mol. The highest BCUT2D eigenvalue weighted by molar-refractivity contribution is 5.81. The summed E-state index contributed by atoms with van der Waals surface area (Å²) in [5.41, 5.74) is 0.795. The number of allylic oxidation sites excluding steroid dienone is 1. The quantitative estimate of drug-likeness (QED) is 0.423. The van der Waals surface area contributed by atoms with Crippen molar-refractivity contribution in [3.8, 4) is 0 Å². The standard InChI is InChI=1S/C16H26O2/c1-7-14(17)18-15(5,6)16(8-2)10-12(3)9-13(4)11-16/h7,13H,1,3,8-11H2,2,4-6H3. The van der Waals surface area contributed by atoms with E-state index in [1.54, 1.807) is 0 Å². The van der Waals surface area contributed by atoms with Gasteiger partial charge in [-0.15, -0.1) is 0 Å². The van der Waals surface area contributed by atoms with E-state index in [1.807, 2.05) is 13.8 Å². The molecule has 0 bridgehead atoms. The van der Waals surface area contributed by atoms with Crippen molar-refractivity contribution >= 4 is 5.97 Å². The van der Waals surface area contributed by atoms with Crippen LogP contribution in [-0.2, 0) is 9.53 Å². The van der Waals surface area contributed by atoms with Crippen molar-refractivity contribution < 1.29 is 9.53 Å². The maximum absolute atomic E-state index is 11.5. The van der Waals surface area contributed by atoms with Crippen molar-refractivity contribution in [2.45, 2.75) is 59.0 Å². The van der Waals surface area contributed by atoms with Gasteiger partial charge >= 0.3 is 5.97 Å².